The topological polar surface area (TPSA) is 9.86 Å². The van der Waals surface area contributed by atoms with Crippen molar-refractivity contribution in [3.63, 3.8) is 0 Å². The average molecular weight is 895 g/mol. The van der Waals surface area contributed by atoms with Crippen LogP contribution in [0.15, 0.2) is 255 Å². The smallest absolute Gasteiger partial charge is 0.0547 e. The monoisotopic (exact) mass is 894 g/mol. The molecule has 0 aliphatic carbocycles. The summed E-state index contributed by atoms with van der Waals surface area (Å²) in [6, 6.07) is 93.9. The van der Waals surface area contributed by atoms with E-state index in [4.69, 9.17) is 0 Å². The van der Waals surface area contributed by atoms with Crippen molar-refractivity contribution in [1.82, 2.24) is 9.13 Å². The maximum absolute atomic E-state index is 2.45. The quantitative estimate of drug-likeness (QED) is 0.151. The molecule has 3 aromatic heterocycles. The Hall–Kier alpha value is -8.76. The number of hydrogen-bond donors (Lipinski definition) is 0. The van der Waals surface area contributed by atoms with E-state index in [9.17, 15) is 0 Å². The van der Waals surface area contributed by atoms with E-state index in [2.05, 4.69) is 264 Å². The molecule has 14 aromatic rings. The molecule has 0 N–H and O–H groups in total. The molecule has 3 heteroatoms. The van der Waals surface area contributed by atoms with Crippen molar-refractivity contribution in [2.75, 3.05) is 0 Å². The Morgan fingerprint density at radius 1 is 0.232 bits per heavy atom. The van der Waals surface area contributed by atoms with Gasteiger partial charge in [0.1, 0.15) is 0 Å². The third kappa shape index (κ3) is 6.54. The van der Waals surface area contributed by atoms with Crippen LogP contribution in [0.5, 0.6) is 0 Å². The standard InChI is InChI=1S/C66H42N2S/c1-3-16-43(17-4-1)45-20-13-22-52(39-45)67-61-29-10-7-24-55(61)57-34-32-47(41-63(57)67)49-36-50(38-51(37-49)54-27-15-28-60-59-26-9-12-31-65(59)69-66(54)60)48-33-35-58-56-25-8-11-30-62(56)68(64(58)42-48)53-23-14-21-46(40-53)44-18-5-2-6-19-44/h1-42H. The first-order valence-corrected chi connectivity index (χ1v) is 24.5. The fourth-order valence-corrected chi connectivity index (χ4v) is 12.1. The first-order valence-electron chi connectivity index (χ1n) is 23.6. The second-order valence-electron chi connectivity index (χ2n) is 18.1. The van der Waals surface area contributed by atoms with Crippen molar-refractivity contribution in [3.05, 3.63) is 255 Å². The Morgan fingerprint density at radius 2 is 0.652 bits per heavy atom. The van der Waals surface area contributed by atoms with Crippen LogP contribution in [0.25, 0.3) is 131 Å². The van der Waals surface area contributed by atoms with Crippen LogP contribution < -0.4 is 0 Å². The van der Waals surface area contributed by atoms with Crippen LogP contribution in [0, 0.1) is 0 Å². The zero-order chi connectivity index (χ0) is 45.4. The molecular weight excluding hydrogens is 853 g/mol. The Labute approximate surface area is 403 Å². The summed E-state index contributed by atoms with van der Waals surface area (Å²) in [6.07, 6.45) is 0. The zero-order valence-electron chi connectivity index (χ0n) is 37.6. The van der Waals surface area contributed by atoms with E-state index < -0.39 is 0 Å². The highest BCUT2D eigenvalue weighted by molar-refractivity contribution is 7.26. The molecule has 0 spiro atoms. The van der Waals surface area contributed by atoms with E-state index >= 15 is 0 Å². The van der Waals surface area contributed by atoms with E-state index in [1.165, 1.54) is 119 Å². The van der Waals surface area contributed by atoms with Gasteiger partial charge in [0, 0.05) is 53.1 Å². The van der Waals surface area contributed by atoms with Gasteiger partial charge in [-0.25, -0.2) is 0 Å². The lowest BCUT2D eigenvalue weighted by Crippen LogP contribution is -1.95. The van der Waals surface area contributed by atoms with E-state index in [1.54, 1.807) is 0 Å². The number of rotatable bonds is 7. The number of nitrogens with zero attached hydrogens (tertiary/aromatic N) is 2. The molecule has 0 radical (unpaired) electrons. The number of thiophene rings is 1. The van der Waals surface area contributed by atoms with Gasteiger partial charge >= 0.3 is 0 Å². The summed E-state index contributed by atoms with van der Waals surface area (Å²) in [5, 5.41) is 7.56. The lowest BCUT2D eigenvalue weighted by atomic mass is 9.92. The van der Waals surface area contributed by atoms with Gasteiger partial charge in [0.15, 0.2) is 0 Å². The van der Waals surface area contributed by atoms with Crippen molar-refractivity contribution in [2.45, 2.75) is 0 Å². The Kier molecular flexibility index (Phi) is 9.11. The molecule has 322 valence electrons. The largest absolute Gasteiger partial charge is 0.309 e. The van der Waals surface area contributed by atoms with Crippen molar-refractivity contribution >= 4 is 75.1 Å². The lowest BCUT2D eigenvalue weighted by Gasteiger charge is -2.14. The van der Waals surface area contributed by atoms with E-state index in [-0.39, 0.29) is 0 Å². The summed E-state index contributed by atoms with van der Waals surface area (Å²) < 4.78 is 7.51. The summed E-state index contributed by atoms with van der Waals surface area (Å²) in [6.45, 7) is 0. The Bertz CT molecular complexity index is 4080. The molecule has 14 rings (SSSR count). The van der Waals surface area contributed by atoms with Crippen LogP contribution in [-0.2, 0) is 0 Å². The highest BCUT2D eigenvalue weighted by Gasteiger charge is 2.19. The SMILES string of the molecule is c1ccc(-c2cccc(-n3c4ccccc4c4ccc(-c5cc(-c6ccc7c8ccccc8n(-c8cccc(-c9ccccc9)c8)c7c6)cc(-c6cccc7c6sc6ccccc67)c5)cc43)c2)cc1. The average Bonchev–Trinajstić information content (AvgIpc) is 4.09. The molecule has 0 bridgehead atoms. The molecule has 0 amide bonds. The molecule has 3 heterocycles. The molecule has 0 saturated heterocycles. The predicted octanol–water partition coefficient (Wildman–Crippen LogP) is 18.6. The first kappa shape index (κ1) is 39.4. The van der Waals surface area contributed by atoms with Gasteiger partial charge in [-0.15, -0.1) is 11.3 Å². The molecule has 69 heavy (non-hydrogen) atoms. The summed E-state index contributed by atoms with van der Waals surface area (Å²) in [4.78, 5) is 0. The van der Waals surface area contributed by atoms with Crippen LogP contribution in [0.3, 0.4) is 0 Å². The second kappa shape index (κ2) is 16.0. The zero-order valence-corrected chi connectivity index (χ0v) is 38.4. The number of para-hydroxylation sites is 2. The van der Waals surface area contributed by atoms with Gasteiger partial charge in [0.2, 0.25) is 0 Å². The fourth-order valence-electron chi connectivity index (χ4n) is 10.9. The van der Waals surface area contributed by atoms with Crippen molar-refractivity contribution < 1.29 is 0 Å². The fraction of sp³-hybridized carbons (Fsp3) is 0. The van der Waals surface area contributed by atoms with Crippen molar-refractivity contribution in [1.29, 1.82) is 0 Å². The van der Waals surface area contributed by atoms with Gasteiger partial charge in [-0.2, -0.15) is 0 Å². The van der Waals surface area contributed by atoms with Gasteiger partial charge in [-0.05, 0) is 128 Å². The first-order chi connectivity index (χ1) is 34.2. The van der Waals surface area contributed by atoms with Crippen molar-refractivity contribution in [3.8, 4) is 67.0 Å². The van der Waals surface area contributed by atoms with Crippen LogP contribution in [0.1, 0.15) is 0 Å². The summed E-state index contributed by atoms with van der Waals surface area (Å²) in [5.74, 6) is 0. The van der Waals surface area contributed by atoms with Crippen LogP contribution in [0.4, 0.5) is 0 Å². The highest BCUT2D eigenvalue weighted by Crippen LogP contribution is 2.44. The second-order valence-corrected chi connectivity index (χ2v) is 19.1. The third-order valence-corrected chi connectivity index (χ3v) is 15.3. The minimum absolute atomic E-state index is 1.14. The molecule has 0 aliphatic rings. The number of aromatic nitrogens is 2. The minimum Gasteiger partial charge on any atom is -0.309 e. The number of hydrogen-bond acceptors (Lipinski definition) is 1. The van der Waals surface area contributed by atoms with Gasteiger partial charge in [-0.1, -0.05) is 182 Å². The lowest BCUT2D eigenvalue weighted by molar-refractivity contribution is 1.18. The molecular formula is C66H42N2S. The van der Waals surface area contributed by atoms with Gasteiger partial charge < -0.3 is 9.13 Å². The highest BCUT2D eigenvalue weighted by atomic mass is 32.1. The van der Waals surface area contributed by atoms with Gasteiger partial charge in [-0.3, -0.25) is 0 Å². The number of benzene rings is 11. The van der Waals surface area contributed by atoms with Gasteiger partial charge in [0.05, 0.1) is 22.1 Å². The maximum atomic E-state index is 2.45. The van der Waals surface area contributed by atoms with E-state index in [0.29, 0.717) is 0 Å². The molecule has 2 nitrogen and oxygen atoms in total. The molecule has 0 aliphatic heterocycles. The Morgan fingerprint density at radius 3 is 1.22 bits per heavy atom. The predicted molar refractivity (Wildman–Crippen MR) is 295 cm³/mol. The van der Waals surface area contributed by atoms with E-state index in [1.807, 2.05) is 11.3 Å². The molecule has 0 fully saturated rings. The molecule has 0 saturated carbocycles. The minimum atomic E-state index is 1.14. The third-order valence-electron chi connectivity index (χ3n) is 14.1. The van der Waals surface area contributed by atoms with E-state index in [0.717, 1.165) is 11.4 Å². The molecule has 0 atom stereocenters. The normalized spacial score (nSPS) is 11.8. The number of fused-ring (bicyclic) bond motifs is 9. The van der Waals surface area contributed by atoms with Crippen molar-refractivity contribution in [2.24, 2.45) is 0 Å². The molecule has 11 aromatic carbocycles. The van der Waals surface area contributed by atoms with Gasteiger partial charge in [0.25, 0.3) is 0 Å². The summed E-state index contributed by atoms with van der Waals surface area (Å²) in [7, 11) is 0. The molecule has 0 unspecified atom stereocenters. The van der Waals surface area contributed by atoms with Crippen LogP contribution in [-0.4, -0.2) is 9.13 Å². The summed E-state index contributed by atoms with van der Waals surface area (Å²) in [5.41, 5.74) is 19.0. The maximum Gasteiger partial charge on any atom is 0.0547 e. The summed E-state index contributed by atoms with van der Waals surface area (Å²) >= 11 is 1.89. The van der Waals surface area contributed by atoms with Crippen LogP contribution in [0.2, 0.25) is 0 Å². The Balaban J connectivity index is 0.995. The van der Waals surface area contributed by atoms with Crippen LogP contribution >= 0.6 is 11.3 Å².